The van der Waals surface area contributed by atoms with Crippen molar-refractivity contribution in [3.63, 3.8) is 0 Å². The first-order valence-corrected chi connectivity index (χ1v) is 9.68. The zero-order valence-corrected chi connectivity index (χ0v) is 17.5. The standard InChI is InChI=1S/C22H26N4OS/c1-15(19-10-6-5-7-11-19)23-22(28)24-21-16(2)25-26(17(21)3)14-18-9-8-12-20(13-18)27-4/h5-13,15H,14H2,1-4H3,(H2,23,24,28). The van der Waals surface area contributed by atoms with E-state index < -0.39 is 0 Å². The maximum atomic E-state index is 5.53. The fourth-order valence-corrected chi connectivity index (χ4v) is 3.43. The van der Waals surface area contributed by atoms with Crippen LogP contribution in [0.2, 0.25) is 0 Å². The number of hydrogen-bond acceptors (Lipinski definition) is 3. The second kappa shape index (κ2) is 8.89. The zero-order chi connectivity index (χ0) is 20.1. The Hall–Kier alpha value is -2.86. The van der Waals surface area contributed by atoms with Crippen molar-refractivity contribution in [3.8, 4) is 5.75 Å². The van der Waals surface area contributed by atoms with Crippen LogP contribution in [0.25, 0.3) is 0 Å². The van der Waals surface area contributed by atoms with Crippen molar-refractivity contribution in [2.24, 2.45) is 0 Å². The van der Waals surface area contributed by atoms with Crippen LogP contribution in [-0.2, 0) is 6.54 Å². The van der Waals surface area contributed by atoms with Crippen molar-refractivity contribution < 1.29 is 4.74 Å². The molecule has 0 aliphatic rings. The van der Waals surface area contributed by atoms with Crippen LogP contribution in [0.4, 0.5) is 5.69 Å². The normalized spacial score (nSPS) is 11.7. The smallest absolute Gasteiger partial charge is 0.171 e. The van der Waals surface area contributed by atoms with Crippen molar-refractivity contribution in [1.29, 1.82) is 0 Å². The van der Waals surface area contributed by atoms with Gasteiger partial charge in [0.1, 0.15) is 5.75 Å². The lowest BCUT2D eigenvalue weighted by Gasteiger charge is -2.17. The van der Waals surface area contributed by atoms with Gasteiger partial charge < -0.3 is 15.4 Å². The minimum absolute atomic E-state index is 0.119. The van der Waals surface area contributed by atoms with Gasteiger partial charge in [-0.15, -0.1) is 0 Å². The highest BCUT2D eigenvalue weighted by Crippen LogP contribution is 2.22. The van der Waals surface area contributed by atoms with Gasteiger partial charge in [-0.25, -0.2) is 0 Å². The molecule has 3 rings (SSSR count). The number of aromatic nitrogens is 2. The van der Waals surface area contributed by atoms with Crippen molar-refractivity contribution >= 4 is 23.0 Å². The summed E-state index contributed by atoms with van der Waals surface area (Å²) in [4.78, 5) is 0. The lowest BCUT2D eigenvalue weighted by molar-refractivity contribution is 0.414. The molecule has 1 unspecified atom stereocenters. The summed E-state index contributed by atoms with van der Waals surface area (Å²) in [5.41, 5.74) is 5.22. The Kier molecular flexibility index (Phi) is 6.31. The van der Waals surface area contributed by atoms with E-state index in [1.807, 2.05) is 54.9 Å². The fourth-order valence-electron chi connectivity index (χ4n) is 3.15. The summed E-state index contributed by atoms with van der Waals surface area (Å²) in [6, 6.07) is 18.4. The van der Waals surface area contributed by atoms with Crippen LogP contribution in [-0.4, -0.2) is 22.0 Å². The molecule has 1 aromatic heterocycles. The molecule has 0 spiro atoms. The van der Waals surface area contributed by atoms with Crippen LogP contribution in [0.5, 0.6) is 5.75 Å². The number of rotatable bonds is 6. The zero-order valence-electron chi connectivity index (χ0n) is 16.7. The highest BCUT2D eigenvalue weighted by atomic mass is 32.1. The van der Waals surface area contributed by atoms with Crippen molar-refractivity contribution in [3.05, 3.63) is 77.1 Å². The molecule has 3 aromatic rings. The number of aryl methyl sites for hydroxylation is 1. The molecule has 146 valence electrons. The van der Waals surface area contributed by atoms with Gasteiger partial charge in [0.15, 0.2) is 5.11 Å². The minimum atomic E-state index is 0.119. The van der Waals surface area contributed by atoms with Crippen LogP contribution >= 0.6 is 12.2 Å². The Morgan fingerprint density at radius 2 is 1.89 bits per heavy atom. The Labute approximate surface area is 171 Å². The monoisotopic (exact) mass is 394 g/mol. The Morgan fingerprint density at radius 1 is 1.14 bits per heavy atom. The van der Waals surface area contributed by atoms with E-state index >= 15 is 0 Å². The molecule has 0 saturated carbocycles. The van der Waals surface area contributed by atoms with Gasteiger partial charge in [0, 0.05) is 0 Å². The molecule has 1 atom stereocenters. The van der Waals surface area contributed by atoms with E-state index in [2.05, 4.69) is 40.9 Å². The summed E-state index contributed by atoms with van der Waals surface area (Å²) in [5.74, 6) is 0.845. The average Bonchev–Trinajstić information content (AvgIpc) is 2.96. The third-order valence-corrected chi connectivity index (χ3v) is 4.95. The minimum Gasteiger partial charge on any atom is -0.497 e. The molecule has 0 fully saturated rings. The number of nitrogens with one attached hydrogen (secondary N) is 2. The van der Waals surface area contributed by atoms with Crippen LogP contribution in [0.1, 0.15) is 35.5 Å². The molecular weight excluding hydrogens is 368 g/mol. The van der Waals surface area contributed by atoms with E-state index in [9.17, 15) is 0 Å². The Morgan fingerprint density at radius 3 is 2.61 bits per heavy atom. The molecule has 0 bridgehead atoms. The number of ether oxygens (including phenoxy) is 1. The first-order chi connectivity index (χ1) is 13.5. The van der Waals surface area contributed by atoms with Gasteiger partial charge in [0.05, 0.1) is 36.8 Å². The van der Waals surface area contributed by atoms with Gasteiger partial charge in [-0.1, -0.05) is 42.5 Å². The molecule has 1 heterocycles. The molecule has 0 aliphatic carbocycles. The number of thiocarbonyl (C=S) groups is 1. The van der Waals surface area contributed by atoms with Crippen LogP contribution in [0, 0.1) is 13.8 Å². The summed E-state index contributed by atoms with van der Waals surface area (Å²) < 4.78 is 7.29. The SMILES string of the molecule is COc1cccc(Cn2nc(C)c(NC(=S)NC(C)c3ccccc3)c2C)c1. The molecule has 0 amide bonds. The lowest BCUT2D eigenvalue weighted by atomic mass is 10.1. The van der Waals surface area contributed by atoms with Crippen molar-refractivity contribution in [2.75, 3.05) is 12.4 Å². The second-order valence-electron chi connectivity index (χ2n) is 6.79. The van der Waals surface area contributed by atoms with E-state index in [0.29, 0.717) is 11.7 Å². The highest BCUT2D eigenvalue weighted by Gasteiger charge is 2.14. The molecule has 2 N–H and O–H groups in total. The third kappa shape index (κ3) is 4.70. The van der Waals surface area contributed by atoms with Gasteiger partial charge in [0.25, 0.3) is 0 Å². The van der Waals surface area contributed by atoms with Gasteiger partial charge >= 0.3 is 0 Å². The number of anilines is 1. The van der Waals surface area contributed by atoms with Gasteiger partial charge in [0.2, 0.25) is 0 Å². The average molecular weight is 395 g/mol. The largest absolute Gasteiger partial charge is 0.497 e. The summed E-state index contributed by atoms with van der Waals surface area (Å²) in [5, 5.41) is 11.9. The highest BCUT2D eigenvalue weighted by molar-refractivity contribution is 7.80. The lowest BCUT2D eigenvalue weighted by Crippen LogP contribution is -2.31. The summed E-state index contributed by atoms with van der Waals surface area (Å²) in [6.07, 6.45) is 0. The molecular formula is C22H26N4OS. The number of methoxy groups -OCH3 is 1. The van der Waals surface area contributed by atoms with Gasteiger partial charge in [-0.2, -0.15) is 5.10 Å². The van der Waals surface area contributed by atoms with Crippen LogP contribution < -0.4 is 15.4 Å². The summed E-state index contributed by atoms with van der Waals surface area (Å²) >= 11 is 5.53. The third-order valence-electron chi connectivity index (χ3n) is 4.73. The first kappa shape index (κ1) is 19.9. The van der Waals surface area contributed by atoms with Crippen LogP contribution in [0.15, 0.2) is 54.6 Å². The number of nitrogens with zero attached hydrogens (tertiary/aromatic N) is 2. The molecule has 5 nitrogen and oxygen atoms in total. The predicted octanol–water partition coefficient (Wildman–Crippen LogP) is 4.60. The second-order valence-corrected chi connectivity index (χ2v) is 7.19. The molecule has 0 radical (unpaired) electrons. The van der Waals surface area contributed by atoms with Gasteiger partial charge in [-0.3, -0.25) is 4.68 Å². The number of benzene rings is 2. The maximum Gasteiger partial charge on any atom is 0.171 e. The van der Waals surface area contributed by atoms with E-state index in [-0.39, 0.29) is 6.04 Å². The maximum absolute atomic E-state index is 5.53. The van der Waals surface area contributed by atoms with E-state index in [1.54, 1.807) is 7.11 Å². The first-order valence-electron chi connectivity index (χ1n) is 9.27. The quantitative estimate of drug-likeness (QED) is 0.598. The Bertz CT molecular complexity index is 952. The van der Waals surface area contributed by atoms with Gasteiger partial charge in [-0.05, 0) is 56.2 Å². The van der Waals surface area contributed by atoms with E-state index in [0.717, 1.165) is 28.4 Å². The number of hydrogen-bond donors (Lipinski definition) is 2. The summed E-state index contributed by atoms with van der Waals surface area (Å²) in [6.45, 7) is 6.80. The van der Waals surface area contributed by atoms with E-state index in [1.165, 1.54) is 5.56 Å². The van der Waals surface area contributed by atoms with Crippen LogP contribution in [0.3, 0.4) is 0 Å². The summed E-state index contributed by atoms with van der Waals surface area (Å²) in [7, 11) is 1.68. The van der Waals surface area contributed by atoms with Crippen molar-refractivity contribution in [1.82, 2.24) is 15.1 Å². The Balaban J connectivity index is 1.70. The molecule has 0 saturated heterocycles. The van der Waals surface area contributed by atoms with Crippen molar-refractivity contribution in [2.45, 2.75) is 33.4 Å². The molecule has 2 aromatic carbocycles. The fraction of sp³-hybridized carbons (Fsp3) is 0.273. The molecule has 6 heteroatoms. The predicted molar refractivity (Wildman–Crippen MR) is 118 cm³/mol. The molecule has 28 heavy (non-hydrogen) atoms. The molecule has 0 aliphatic heterocycles. The topological polar surface area (TPSA) is 51.1 Å². The van der Waals surface area contributed by atoms with E-state index in [4.69, 9.17) is 17.0 Å².